The van der Waals surface area contributed by atoms with Crippen molar-refractivity contribution < 1.29 is 13.9 Å². The molecule has 1 saturated carbocycles. The van der Waals surface area contributed by atoms with Gasteiger partial charge in [-0.3, -0.25) is 4.79 Å². The molecule has 8 heteroatoms. The SMILES string of the molecule is CNc1cc(F)cc2c1Cc1nc(Oc3ccc4c(c3)C(=O)CC4)nc(N3C[C@H](N)C4(CC4)C3)c1-2. The number of nitrogens with two attached hydrogens (primary N) is 1. The van der Waals surface area contributed by atoms with E-state index in [1.165, 1.54) is 6.07 Å². The highest BCUT2D eigenvalue weighted by Crippen LogP contribution is 2.54. The van der Waals surface area contributed by atoms with Crippen LogP contribution < -0.4 is 20.7 Å². The van der Waals surface area contributed by atoms with Crippen LogP contribution in [0.4, 0.5) is 15.9 Å². The van der Waals surface area contributed by atoms with Crippen LogP contribution in [-0.4, -0.2) is 41.9 Å². The van der Waals surface area contributed by atoms with E-state index in [1.807, 2.05) is 12.1 Å². The van der Waals surface area contributed by atoms with Crippen LogP contribution >= 0.6 is 0 Å². The Kier molecular flexibility index (Phi) is 4.31. The summed E-state index contributed by atoms with van der Waals surface area (Å²) in [6.45, 7) is 1.52. The van der Waals surface area contributed by atoms with E-state index in [0.29, 0.717) is 30.7 Å². The molecule has 1 spiro atoms. The van der Waals surface area contributed by atoms with E-state index in [2.05, 4.69) is 10.2 Å². The molecule has 3 aromatic rings. The monoisotopic (exact) mass is 471 g/mol. The van der Waals surface area contributed by atoms with Crippen LogP contribution in [0.1, 0.15) is 46.4 Å². The summed E-state index contributed by atoms with van der Waals surface area (Å²) in [4.78, 5) is 24.1. The number of halogens is 1. The number of nitrogens with one attached hydrogen (secondary N) is 1. The van der Waals surface area contributed by atoms with Gasteiger partial charge in [-0.25, -0.2) is 4.39 Å². The Balaban J connectivity index is 1.33. The highest BCUT2D eigenvalue weighted by molar-refractivity contribution is 6.00. The van der Waals surface area contributed by atoms with Crippen molar-refractivity contribution in [2.75, 3.05) is 30.4 Å². The molecule has 178 valence electrons. The molecule has 3 aliphatic carbocycles. The molecule has 2 fully saturated rings. The number of hydrogen-bond acceptors (Lipinski definition) is 7. The lowest BCUT2D eigenvalue weighted by Gasteiger charge is -2.21. The van der Waals surface area contributed by atoms with Crippen LogP contribution in [0.2, 0.25) is 0 Å². The molecule has 4 aliphatic rings. The summed E-state index contributed by atoms with van der Waals surface area (Å²) in [7, 11) is 1.80. The molecule has 7 rings (SSSR count). The van der Waals surface area contributed by atoms with Gasteiger partial charge >= 0.3 is 6.01 Å². The third-order valence-electron chi connectivity index (χ3n) is 8.16. The standard InChI is InChI=1S/C27H26FN5O2/c1-30-20-9-15(28)8-19-18(20)11-21-24(19)25(33-12-23(29)27(13-33)6-7-27)32-26(31-21)35-16-4-2-14-3-5-22(34)17(14)10-16/h2,4,8-10,23,30H,3,5-7,11-13,29H2,1H3/t23-/m0/s1. The Morgan fingerprint density at radius 2 is 2.03 bits per heavy atom. The van der Waals surface area contributed by atoms with Gasteiger partial charge in [-0.2, -0.15) is 9.97 Å². The van der Waals surface area contributed by atoms with Crippen LogP contribution in [0.15, 0.2) is 30.3 Å². The summed E-state index contributed by atoms with van der Waals surface area (Å²) in [6.07, 6.45) is 4.12. The average molecular weight is 472 g/mol. The lowest BCUT2D eigenvalue weighted by molar-refractivity contribution is 0.0994. The molecule has 2 aromatic carbocycles. The van der Waals surface area contributed by atoms with Gasteiger partial charge in [0.1, 0.15) is 17.4 Å². The van der Waals surface area contributed by atoms with Crippen molar-refractivity contribution >= 4 is 17.3 Å². The summed E-state index contributed by atoms with van der Waals surface area (Å²) < 4.78 is 20.7. The maximum atomic E-state index is 14.5. The fourth-order valence-electron chi connectivity index (χ4n) is 6.02. The van der Waals surface area contributed by atoms with Crippen molar-refractivity contribution in [1.82, 2.24) is 9.97 Å². The van der Waals surface area contributed by atoms with Crippen molar-refractivity contribution in [3.8, 4) is 22.9 Å². The molecule has 1 aromatic heterocycles. The third-order valence-corrected chi connectivity index (χ3v) is 8.16. The number of Topliss-reactive ketones (excluding diaryl/α,β-unsaturated/α-hetero) is 1. The van der Waals surface area contributed by atoms with Gasteiger partial charge in [0.15, 0.2) is 5.78 Å². The number of fused-ring (bicyclic) bond motifs is 4. The molecule has 3 N–H and O–H groups in total. The highest BCUT2D eigenvalue weighted by Gasteiger charge is 2.54. The molecular weight excluding hydrogens is 445 g/mol. The molecule has 0 amide bonds. The number of anilines is 2. The predicted octanol–water partition coefficient (Wildman–Crippen LogP) is 4.08. The maximum absolute atomic E-state index is 14.5. The Bertz CT molecular complexity index is 1420. The Labute approximate surface area is 202 Å². The fraction of sp³-hybridized carbons (Fsp3) is 0.370. The van der Waals surface area contributed by atoms with E-state index >= 15 is 0 Å². The molecule has 0 unspecified atom stereocenters. The number of ketones is 1. The molecule has 0 bridgehead atoms. The second-order valence-corrected chi connectivity index (χ2v) is 10.3. The lowest BCUT2D eigenvalue weighted by atomic mass is 10.0. The zero-order chi connectivity index (χ0) is 23.9. The molecular formula is C27H26FN5O2. The van der Waals surface area contributed by atoms with Crippen LogP contribution in [0.25, 0.3) is 11.1 Å². The second-order valence-electron chi connectivity index (χ2n) is 10.3. The van der Waals surface area contributed by atoms with Crippen LogP contribution in [0, 0.1) is 11.2 Å². The smallest absolute Gasteiger partial charge is 0.324 e. The minimum atomic E-state index is -0.299. The Morgan fingerprint density at radius 1 is 1.17 bits per heavy atom. The summed E-state index contributed by atoms with van der Waals surface area (Å²) in [6, 6.07) is 9.00. The molecule has 35 heavy (non-hydrogen) atoms. The van der Waals surface area contributed by atoms with Gasteiger partial charge in [-0.05, 0) is 60.2 Å². The lowest BCUT2D eigenvalue weighted by Crippen LogP contribution is -2.30. The average Bonchev–Trinajstić information content (AvgIpc) is 3.25. The van der Waals surface area contributed by atoms with Crippen molar-refractivity contribution in [1.29, 1.82) is 0 Å². The largest absolute Gasteiger partial charge is 0.424 e. The first-order chi connectivity index (χ1) is 16.9. The van der Waals surface area contributed by atoms with Crippen LogP contribution in [0.3, 0.4) is 0 Å². The molecule has 7 nitrogen and oxygen atoms in total. The molecule has 1 saturated heterocycles. The number of carbonyl (C=O) groups is 1. The van der Waals surface area contributed by atoms with E-state index in [4.69, 9.17) is 20.4 Å². The zero-order valence-electron chi connectivity index (χ0n) is 19.5. The maximum Gasteiger partial charge on any atom is 0.324 e. The van der Waals surface area contributed by atoms with Gasteiger partial charge in [0.25, 0.3) is 0 Å². The quantitative estimate of drug-likeness (QED) is 0.463. The fourth-order valence-corrected chi connectivity index (χ4v) is 6.02. The first-order valence-corrected chi connectivity index (χ1v) is 12.2. The predicted molar refractivity (Wildman–Crippen MR) is 131 cm³/mol. The summed E-state index contributed by atoms with van der Waals surface area (Å²) in [5, 5.41) is 3.12. The molecule has 1 atom stereocenters. The van der Waals surface area contributed by atoms with Gasteiger partial charge in [0.05, 0.1) is 5.69 Å². The summed E-state index contributed by atoms with van der Waals surface area (Å²) in [5.41, 5.74) is 12.7. The number of nitrogens with zero attached hydrogens (tertiary/aromatic N) is 3. The molecule has 1 aliphatic heterocycles. The first-order valence-electron chi connectivity index (χ1n) is 12.2. The minimum Gasteiger partial charge on any atom is -0.424 e. The van der Waals surface area contributed by atoms with Crippen LogP contribution in [-0.2, 0) is 12.8 Å². The van der Waals surface area contributed by atoms with Gasteiger partial charge < -0.3 is 20.7 Å². The highest BCUT2D eigenvalue weighted by atomic mass is 19.1. The Hall–Kier alpha value is -3.52. The van der Waals surface area contributed by atoms with E-state index in [9.17, 15) is 9.18 Å². The molecule has 0 radical (unpaired) electrons. The Morgan fingerprint density at radius 3 is 2.80 bits per heavy atom. The third kappa shape index (κ3) is 3.16. The number of ether oxygens (including phenoxy) is 1. The van der Waals surface area contributed by atoms with Crippen molar-refractivity contribution in [3.05, 3.63) is 58.5 Å². The normalized spacial score (nSPS) is 20.7. The van der Waals surface area contributed by atoms with Gasteiger partial charge in [0.2, 0.25) is 0 Å². The summed E-state index contributed by atoms with van der Waals surface area (Å²) in [5.74, 6) is 1.12. The van der Waals surface area contributed by atoms with Gasteiger partial charge in [-0.15, -0.1) is 0 Å². The number of aryl methyl sites for hydroxylation is 1. The van der Waals surface area contributed by atoms with Crippen molar-refractivity contribution in [2.45, 2.75) is 38.1 Å². The van der Waals surface area contributed by atoms with Crippen molar-refractivity contribution in [3.63, 3.8) is 0 Å². The van der Waals surface area contributed by atoms with Crippen LogP contribution in [0.5, 0.6) is 11.8 Å². The van der Waals surface area contributed by atoms with Gasteiger partial charge in [-0.1, -0.05) is 6.07 Å². The van der Waals surface area contributed by atoms with Crippen molar-refractivity contribution in [2.24, 2.45) is 11.1 Å². The van der Waals surface area contributed by atoms with E-state index in [1.54, 1.807) is 19.2 Å². The van der Waals surface area contributed by atoms with E-state index in [-0.39, 0.29) is 29.1 Å². The zero-order valence-corrected chi connectivity index (χ0v) is 19.5. The second kappa shape index (κ2) is 7.24. The van der Waals surface area contributed by atoms with E-state index < -0.39 is 0 Å². The topological polar surface area (TPSA) is 93.4 Å². The number of aromatic nitrogens is 2. The van der Waals surface area contributed by atoms with Gasteiger partial charge in [0, 0.05) is 61.2 Å². The number of benzene rings is 2. The number of rotatable bonds is 4. The number of carbonyl (C=O) groups excluding carboxylic acids is 1. The number of hydrogen-bond donors (Lipinski definition) is 2. The van der Waals surface area contributed by atoms with E-state index in [0.717, 1.165) is 65.3 Å². The minimum absolute atomic E-state index is 0.0847. The molecule has 2 heterocycles. The summed E-state index contributed by atoms with van der Waals surface area (Å²) >= 11 is 0. The first kappa shape index (κ1) is 20.8.